The fourth-order valence-electron chi connectivity index (χ4n) is 0.930. The predicted molar refractivity (Wildman–Crippen MR) is 51.6 cm³/mol. The summed E-state index contributed by atoms with van der Waals surface area (Å²) in [6, 6.07) is 7.46. The van der Waals surface area contributed by atoms with Gasteiger partial charge in [0, 0.05) is 0 Å². The fourth-order valence-corrected chi connectivity index (χ4v) is 0.930. The number of aliphatic hydroxyl groups is 1. The molecule has 0 aliphatic rings. The summed E-state index contributed by atoms with van der Waals surface area (Å²) in [7, 11) is 1.60. The minimum atomic E-state index is -0.607. The molecule has 0 heterocycles. The lowest BCUT2D eigenvalue weighted by Gasteiger charge is -2.01. The molecule has 0 aromatic heterocycles. The normalized spacial score (nSPS) is 11.3. The smallest absolute Gasteiger partial charge is 0.134 e. The van der Waals surface area contributed by atoms with E-state index in [1.807, 2.05) is 24.3 Å². The molecule has 0 bridgehead atoms. The lowest BCUT2D eigenvalue weighted by molar-refractivity contribution is 0.253. The summed E-state index contributed by atoms with van der Waals surface area (Å²) in [4.78, 5) is 0. The van der Waals surface area contributed by atoms with Crippen LogP contribution in [0.2, 0.25) is 0 Å². The Morgan fingerprint density at radius 3 is 2.69 bits per heavy atom. The summed E-state index contributed by atoms with van der Waals surface area (Å²) in [5, 5.41) is 8.96. The molecule has 1 aromatic rings. The van der Waals surface area contributed by atoms with E-state index in [2.05, 4.69) is 11.8 Å². The molecular weight excluding hydrogens is 164 g/mol. The van der Waals surface area contributed by atoms with Crippen LogP contribution in [-0.2, 0) is 0 Å². The maximum atomic E-state index is 8.96. The van der Waals surface area contributed by atoms with E-state index in [9.17, 15) is 0 Å². The summed E-state index contributed by atoms with van der Waals surface area (Å²) in [6.45, 7) is 1.63. The first-order chi connectivity index (χ1) is 6.24. The second-order valence-electron chi connectivity index (χ2n) is 2.65. The van der Waals surface area contributed by atoms with Gasteiger partial charge >= 0.3 is 0 Å². The van der Waals surface area contributed by atoms with Gasteiger partial charge in [-0.1, -0.05) is 24.0 Å². The highest BCUT2D eigenvalue weighted by Crippen LogP contribution is 2.15. The molecule has 1 rings (SSSR count). The van der Waals surface area contributed by atoms with Crippen LogP contribution >= 0.6 is 0 Å². The number of aliphatic hydroxyl groups excluding tert-OH is 1. The van der Waals surface area contributed by atoms with Crippen molar-refractivity contribution < 1.29 is 9.84 Å². The minimum Gasteiger partial charge on any atom is -0.495 e. The van der Waals surface area contributed by atoms with Crippen molar-refractivity contribution in [1.82, 2.24) is 0 Å². The van der Waals surface area contributed by atoms with Crippen molar-refractivity contribution in [3.63, 3.8) is 0 Å². The number of para-hydroxylation sites is 1. The van der Waals surface area contributed by atoms with Crippen molar-refractivity contribution in [2.75, 3.05) is 7.11 Å². The first-order valence-electron chi connectivity index (χ1n) is 4.06. The molecule has 2 nitrogen and oxygen atoms in total. The summed E-state index contributed by atoms with van der Waals surface area (Å²) in [5.74, 6) is 6.23. The van der Waals surface area contributed by atoms with Crippen molar-refractivity contribution in [1.29, 1.82) is 0 Å². The molecule has 68 valence electrons. The molecule has 0 spiro atoms. The molecule has 0 saturated carbocycles. The first kappa shape index (κ1) is 9.63. The van der Waals surface area contributed by atoms with Gasteiger partial charge in [0.2, 0.25) is 0 Å². The lowest BCUT2D eigenvalue weighted by Crippen LogP contribution is -1.93. The van der Waals surface area contributed by atoms with E-state index in [-0.39, 0.29) is 0 Å². The van der Waals surface area contributed by atoms with Gasteiger partial charge in [0.25, 0.3) is 0 Å². The summed E-state index contributed by atoms with van der Waals surface area (Å²) < 4.78 is 5.09. The summed E-state index contributed by atoms with van der Waals surface area (Å²) in [5.41, 5.74) is 0.797. The number of methoxy groups -OCH3 is 1. The van der Waals surface area contributed by atoms with Crippen molar-refractivity contribution in [3.05, 3.63) is 29.8 Å². The van der Waals surface area contributed by atoms with Gasteiger partial charge in [-0.2, -0.15) is 0 Å². The Bertz CT molecular complexity index is 331. The van der Waals surface area contributed by atoms with Crippen LogP contribution in [0.1, 0.15) is 12.5 Å². The number of benzene rings is 1. The van der Waals surface area contributed by atoms with E-state index in [1.165, 1.54) is 0 Å². The van der Waals surface area contributed by atoms with Crippen LogP contribution in [0, 0.1) is 11.8 Å². The molecule has 1 N–H and O–H groups in total. The molecule has 2 heteroatoms. The van der Waals surface area contributed by atoms with E-state index in [0.29, 0.717) is 0 Å². The van der Waals surface area contributed by atoms with Gasteiger partial charge in [-0.3, -0.25) is 0 Å². The largest absolute Gasteiger partial charge is 0.495 e. The van der Waals surface area contributed by atoms with E-state index in [4.69, 9.17) is 9.84 Å². The molecule has 1 unspecified atom stereocenters. The quantitative estimate of drug-likeness (QED) is 0.656. The van der Waals surface area contributed by atoms with E-state index in [1.54, 1.807) is 14.0 Å². The van der Waals surface area contributed by atoms with Crippen molar-refractivity contribution in [3.8, 4) is 17.6 Å². The van der Waals surface area contributed by atoms with Crippen LogP contribution in [0.4, 0.5) is 0 Å². The van der Waals surface area contributed by atoms with Gasteiger partial charge < -0.3 is 9.84 Å². The topological polar surface area (TPSA) is 29.5 Å². The van der Waals surface area contributed by atoms with Crippen LogP contribution < -0.4 is 4.74 Å². The lowest BCUT2D eigenvalue weighted by atomic mass is 10.2. The number of hydrogen-bond donors (Lipinski definition) is 1. The highest BCUT2D eigenvalue weighted by atomic mass is 16.5. The van der Waals surface area contributed by atoms with Crippen LogP contribution in [0.15, 0.2) is 24.3 Å². The second-order valence-corrected chi connectivity index (χ2v) is 2.65. The van der Waals surface area contributed by atoms with Crippen LogP contribution in [0.25, 0.3) is 0 Å². The third-order valence-corrected chi connectivity index (χ3v) is 1.52. The maximum Gasteiger partial charge on any atom is 0.134 e. The van der Waals surface area contributed by atoms with E-state index < -0.39 is 6.10 Å². The summed E-state index contributed by atoms with van der Waals surface area (Å²) >= 11 is 0. The highest BCUT2D eigenvalue weighted by molar-refractivity contribution is 5.46. The Hall–Kier alpha value is -1.46. The van der Waals surface area contributed by atoms with Gasteiger partial charge in [-0.25, -0.2) is 0 Å². The third-order valence-electron chi connectivity index (χ3n) is 1.52. The number of rotatable bonds is 1. The molecule has 0 saturated heterocycles. The van der Waals surface area contributed by atoms with Crippen LogP contribution in [-0.4, -0.2) is 18.3 Å². The standard InChI is InChI=1S/C11H12O2/c1-9(12)7-8-10-5-3-4-6-11(10)13-2/h3-6,9,12H,1-2H3. The molecule has 1 aromatic carbocycles. The Kier molecular flexibility index (Phi) is 3.36. The molecule has 0 aliphatic carbocycles. The maximum absolute atomic E-state index is 8.96. The van der Waals surface area contributed by atoms with Gasteiger partial charge in [-0.15, -0.1) is 0 Å². The van der Waals surface area contributed by atoms with Crippen LogP contribution in [0.3, 0.4) is 0 Å². The Balaban J connectivity index is 2.95. The third kappa shape index (κ3) is 2.81. The minimum absolute atomic E-state index is 0.607. The first-order valence-corrected chi connectivity index (χ1v) is 4.06. The molecule has 0 radical (unpaired) electrons. The van der Waals surface area contributed by atoms with Gasteiger partial charge in [-0.05, 0) is 19.1 Å². The number of hydrogen-bond acceptors (Lipinski definition) is 2. The average Bonchev–Trinajstić information content (AvgIpc) is 2.15. The van der Waals surface area contributed by atoms with Crippen molar-refractivity contribution in [2.45, 2.75) is 13.0 Å². The zero-order valence-electron chi connectivity index (χ0n) is 7.74. The average molecular weight is 176 g/mol. The zero-order chi connectivity index (χ0) is 9.68. The Labute approximate surface area is 78.2 Å². The Morgan fingerprint density at radius 1 is 1.38 bits per heavy atom. The Morgan fingerprint density at radius 2 is 2.08 bits per heavy atom. The molecule has 1 atom stereocenters. The van der Waals surface area contributed by atoms with Crippen molar-refractivity contribution >= 4 is 0 Å². The second kappa shape index (κ2) is 4.54. The predicted octanol–water partition coefficient (Wildman–Crippen LogP) is 1.43. The molecule has 0 aliphatic heterocycles. The van der Waals surface area contributed by atoms with E-state index in [0.717, 1.165) is 11.3 Å². The fraction of sp³-hybridized carbons (Fsp3) is 0.273. The molecule has 0 amide bonds. The van der Waals surface area contributed by atoms with Crippen LogP contribution in [0.5, 0.6) is 5.75 Å². The zero-order valence-corrected chi connectivity index (χ0v) is 7.74. The molecule has 13 heavy (non-hydrogen) atoms. The van der Waals surface area contributed by atoms with Crippen molar-refractivity contribution in [2.24, 2.45) is 0 Å². The van der Waals surface area contributed by atoms with Gasteiger partial charge in [0.15, 0.2) is 0 Å². The monoisotopic (exact) mass is 176 g/mol. The SMILES string of the molecule is COc1ccccc1C#CC(C)O. The summed E-state index contributed by atoms with van der Waals surface area (Å²) in [6.07, 6.45) is -0.607. The molecule has 0 fully saturated rings. The number of ether oxygens (including phenoxy) is 1. The van der Waals surface area contributed by atoms with Gasteiger partial charge in [0.1, 0.15) is 11.9 Å². The van der Waals surface area contributed by atoms with Gasteiger partial charge in [0.05, 0.1) is 12.7 Å². The molecular formula is C11H12O2. The highest BCUT2D eigenvalue weighted by Gasteiger charge is 1.96. The van der Waals surface area contributed by atoms with E-state index >= 15 is 0 Å².